The molecule has 0 aliphatic carbocycles. The average molecular weight is 198 g/mol. The zero-order valence-corrected chi connectivity index (χ0v) is 9.26. The fourth-order valence-electron chi connectivity index (χ4n) is 0.930. The molecule has 1 N–H and O–H groups in total. The summed E-state index contributed by atoms with van der Waals surface area (Å²) in [4.78, 5) is 11.4. The van der Waals surface area contributed by atoms with Crippen molar-refractivity contribution in [2.24, 2.45) is 0 Å². The Kier molecular flexibility index (Phi) is 5.18. The lowest BCUT2D eigenvalue weighted by atomic mass is 10.0. The van der Waals surface area contributed by atoms with E-state index in [1.54, 1.807) is 7.11 Å². The van der Waals surface area contributed by atoms with Crippen LogP contribution in [0.1, 0.15) is 33.6 Å². The monoisotopic (exact) mass is 198 g/mol. The van der Waals surface area contributed by atoms with E-state index in [1.807, 2.05) is 26.8 Å². The van der Waals surface area contributed by atoms with Gasteiger partial charge in [0.1, 0.15) is 6.04 Å². The smallest absolute Gasteiger partial charge is 0.223 e. The summed E-state index contributed by atoms with van der Waals surface area (Å²) in [6, 6.07) is 1.62. The number of amides is 1. The molecule has 4 heteroatoms. The molecule has 0 rings (SSSR count). The normalized spacial score (nSPS) is 13.1. The Bertz CT molecular complexity index is 231. The summed E-state index contributed by atoms with van der Waals surface area (Å²) in [7, 11) is 1.56. The zero-order chi connectivity index (χ0) is 11.2. The molecule has 0 spiro atoms. The third kappa shape index (κ3) is 4.83. The summed E-state index contributed by atoms with van der Waals surface area (Å²) in [5.41, 5.74) is -0.474. The molecule has 1 unspecified atom stereocenters. The Labute approximate surface area is 85.2 Å². The van der Waals surface area contributed by atoms with Gasteiger partial charge in [-0.1, -0.05) is 6.92 Å². The minimum atomic E-state index is -0.474. The van der Waals surface area contributed by atoms with E-state index < -0.39 is 11.6 Å². The Morgan fingerprint density at radius 3 is 2.57 bits per heavy atom. The Hall–Kier alpha value is -1.08. The second kappa shape index (κ2) is 5.61. The number of carbonyl (C=O) groups excluding carboxylic acids is 1. The fourth-order valence-corrected chi connectivity index (χ4v) is 0.930. The third-order valence-electron chi connectivity index (χ3n) is 2.04. The van der Waals surface area contributed by atoms with Crippen LogP contribution in [0.25, 0.3) is 0 Å². The molecule has 0 bridgehead atoms. The van der Waals surface area contributed by atoms with Crippen LogP contribution in [0.15, 0.2) is 0 Å². The SMILES string of the molecule is CCC(C#N)NC(=O)CC(C)(C)OC. The molecule has 1 amide bonds. The lowest BCUT2D eigenvalue weighted by Crippen LogP contribution is -2.38. The van der Waals surface area contributed by atoms with Gasteiger partial charge in [0.2, 0.25) is 5.91 Å². The van der Waals surface area contributed by atoms with Crippen molar-refractivity contribution in [3.8, 4) is 6.07 Å². The molecular formula is C10H18N2O2. The number of rotatable bonds is 5. The first-order chi connectivity index (χ1) is 6.45. The van der Waals surface area contributed by atoms with E-state index in [4.69, 9.17) is 10.00 Å². The average Bonchev–Trinajstić information content (AvgIpc) is 2.13. The van der Waals surface area contributed by atoms with Crippen LogP contribution in [-0.2, 0) is 9.53 Å². The number of carbonyl (C=O) groups is 1. The fraction of sp³-hybridized carbons (Fsp3) is 0.800. The van der Waals surface area contributed by atoms with Crippen molar-refractivity contribution >= 4 is 5.91 Å². The van der Waals surface area contributed by atoms with Crippen LogP contribution in [0.2, 0.25) is 0 Å². The summed E-state index contributed by atoms with van der Waals surface area (Å²) >= 11 is 0. The summed E-state index contributed by atoms with van der Waals surface area (Å²) < 4.78 is 5.11. The second-order valence-electron chi connectivity index (χ2n) is 3.80. The van der Waals surface area contributed by atoms with Crippen LogP contribution in [0.3, 0.4) is 0 Å². The lowest BCUT2D eigenvalue weighted by molar-refractivity contribution is -0.126. The van der Waals surface area contributed by atoms with Gasteiger partial charge in [-0.2, -0.15) is 5.26 Å². The van der Waals surface area contributed by atoms with Crippen LogP contribution in [0, 0.1) is 11.3 Å². The molecule has 0 saturated heterocycles. The molecule has 0 aromatic heterocycles. The van der Waals surface area contributed by atoms with E-state index >= 15 is 0 Å². The molecular weight excluding hydrogens is 180 g/mol. The van der Waals surface area contributed by atoms with Gasteiger partial charge in [0.05, 0.1) is 18.1 Å². The first kappa shape index (κ1) is 12.9. The van der Waals surface area contributed by atoms with Gasteiger partial charge in [0, 0.05) is 7.11 Å². The van der Waals surface area contributed by atoms with Gasteiger partial charge in [0.25, 0.3) is 0 Å². The molecule has 0 aliphatic heterocycles. The highest BCUT2D eigenvalue weighted by atomic mass is 16.5. The predicted molar refractivity (Wildman–Crippen MR) is 53.5 cm³/mol. The maximum Gasteiger partial charge on any atom is 0.223 e. The molecule has 0 radical (unpaired) electrons. The van der Waals surface area contributed by atoms with Gasteiger partial charge < -0.3 is 10.1 Å². The molecule has 0 aromatic carbocycles. The molecule has 80 valence electrons. The van der Waals surface area contributed by atoms with Gasteiger partial charge in [-0.15, -0.1) is 0 Å². The molecule has 14 heavy (non-hydrogen) atoms. The minimum absolute atomic E-state index is 0.148. The molecule has 4 nitrogen and oxygen atoms in total. The van der Waals surface area contributed by atoms with Crippen molar-refractivity contribution in [2.45, 2.75) is 45.3 Å². The number of ether oxygens (including phenoxy) is 1. The van der Waals surface area contributed by atoms with Crippen LogP contribution in [0.5, 0.6) is 0 Å². The molecule has 0 aliphatic rings. The number of nitrogens with zero attached hydrogens (tertiary/aromatic N) is 1. The Morgan fingerprint density at radius 2 is 2.21 bits per heavy atom. The highest BCUT2D eigenvalue weighted by Gasteiger charge is 2.22. The predicted octanol–water partition coefficient (Wildman–Crippen LogP) is 1.22. The number of methoxy groups -OCH3 is 1. The third-order valence-corrected chi connectivity index (χ3v) is 2.04. The van der Waals surface area contributed by atoms with E-state index in [9.17, 15) is 4.79 Å². The van der Waals surface area contributed by atoms with Gasteiger partial charge in [0.15, 0.2) is 0 Å². The topological polar surface area (TPSA) is 62.1 Å². The summed E-state index contributed by atoms with van der Waals surface area (Å²) in [6.45, 7) is 5.52. The van der Waals surface area contributed by atoms with Gasteiger partial charge in [-0.3, -0.25) is 4.79 Å². The van der Waals surface area contributed by atoms with Crippen molar-refractivity contribution in [1.29, 1.82) is 5.26 Å². The van der Waals surface area contributed by atoms with Crippen LogP contribution in [-0.4, -0.2) is 24.7 Å². The number of hydrogen-bond donors (Lipinski definition) is 1. The molecule has 1 atom stereocenters. The van der Waals surface area contributed by atoms with Crippen molar-refractivity contribution in [2.75, 3.05) is 7.11 Å². The Balaban J connectivity index is 4.05. The molecule has 0 fully saturated rings. The number of nitriles is 1. The van der Waals surface area contributed by atoms with Gasteiger partial charge in [-0.25, -0.2) is 0 Å². The minimum Gasteiger partial charge on any atom is -0.378 e. The molecule has 0 heterocycles. The van der Waals surface area contributed by atoms with E-state index in [-0.39, 0.29) is 12.3 Å². The van der Waals surface area contributed by atoms with Gasteiger partial charge >= 0.3 is 0 Å². The zero-order valence-electron chi connectivity index (χ0n) is 9.26. The summed E-state index contributed by atoms with van der Waals surface area (Å²) in [5.74, 6) is -0.148. The quantitative estimate of drug-likeness (QED) is 0.722. The van der Waals surface area contributed by atoms with Crippen molar-refractivity contribution in [3.05, 3.63) is 0 Å². The second-order valence-corrected chi connectivity index (χ2v) is 3.80. The van der Waals surface area contributed by atoms with Gasteiger partial charge in [-0.05, 0) is 20.3 Å². The summed E-state index contributed by atoms with van der Waals surface area (Å²) in [6.07, 6.45) is 0.886. The number of nitrogens with one attached hydrogen (secondary N) is 1. The maximum atomic E-state index is 11.4. The van der Waals surface area contributed by atoms with E-state index in [2.05, 4.69) is 5.32 Å². The highest BCUT2D eigenvalue weighted by molar-refractivity contribution is 5.77. The first-order valence-corrected chi connectivity index (χ1v) is 4.69. The van der Waals surface area contributed by atoms with Crippen LogP contribution < -0.4 is 5.32 Å². The number of hydrogen-bond acceptors (Lipinski definition) is 3. The van der Waals surface area contributed by atoms with Crippen molar-refractivity contribution in [1.82, 2.24) is 5.32 Å². The van der Waals surface area contributed by atoms with E-state index in [0.29, 0.717) is 6.42 Å². The highest BCUT2D eigenvalue weighted by Crippen LogP contribution is 2.12. The molecule has 0 saturated carbocycles. The van der Waals surface area contributed by atoms with Crippen LogP contribution >= 0.6 is 0 Å². The largest absolute Gasteiger partial charge is 0.378 e. The summed E-state index contributed by atoms with van der Waals surface area (Å²) in [5, 5.41) is 11.3. The standard InChI is InChI=1S/C10H18N2O2/c1-5-8(7-11)12-9(13)6-10(2,3)14-4/h8H,5-6H2,1-4H3,(H,12,13). The lowest BCUT2D eigenvalue weighted by Gasteiger charge is -2.22. The maximum absolute atomic E-state index is 11.4. The Morgan fingerprint density at radius 1 is 1.64 bits per heavy atom. The van der Waals surface area contributed by atoms with E-state index in [0.717, 1.165) is 0 Å². The van der Waals surface area contributed by atoms with Crippen molar-refractivity contribution < 1.29 is 9.53 Å². The van der Waals surface area contributed by atoms with E-state index in [1.165, 1.54) is 0 Å². The van der Waals surface area contributed by atoms with Crippen LogP contribution in [0.4, 0.5) is 0 Å². The molecule has 0 aromatic rings. The first-order valence-electron chi connectivity index (χ1n) is 4.69. The van der Waals surface area contributed by atoms with Crippen molar-refractivity contribution in [3.63, 3.8) is 0 Å².